The van der Waals surface area contributed by atoms with Crippen molar-refractivity contribution < 1.29 is 20.1 Å². The molecule has 1 amide bonds. The quantitative estimate of drug-likeness (QED) is 0.289. The molecule has 0 spiro atoms. The fourth-order valence-electron chi connectivity index (χ4n) is 3.20. The number of amides is 1. The van der Waals surface area contributed by atoms with Crippen molar-refractivity contribution in [1.82, 2.24) is 5.43 Å². The highest BCUT2D eigenvalue weighted by atomic mass is 32.2. The van der Waals surface area contributed by atoms with Gasteiger partial charge in [0, 0.05) is 15.4 Å². The monoisotopic (exact) mass is 421 g/mol. The summed E-state index contributed by atoms with van der Waals surface area (Å²) in [5, 5.41) is 33.2. The summed E-state index contributed by atoms with van der Waals surface area (Å²) in [7, 11) is 0. The largest absolute Gasteiger partial charge is 0.504 e. The molecule has 1 aliphatic rings. The molecule has 0 radical (unpaired) electrons. The van der Waals surface area contributed by atoms with E-state index in [4.69, 9.17) is 0 Å². The van der Waals surface area contributed by atoms with Crippen molar-refractivity contribution in [3.05, 3.63) is 66.2 Å². The second kappa shape index (κ2) is 8.00. The molecule has 1 heterocycles. The van der Waals surface area contributed by atoms with E-state index < -0.39 is 17.2 Å². The van der Waals surface area contributed by atoms with Gasteiger partial charge in [-0.3, -0.25) is 9.69 Å². The van der Waals surface area contributed by atoms with Gasteiger partial charge in [0.25, 0.3) is 5.91 Å². The molecule has 4 rings (SSSR count). The minimum Gasteiger partial charge on any atom is -0.504 e. The van der Waals surface area contributed by atoms with Crippen molar-refractivity contribution in [3.8, 4) is 17.2 Å². The Labute approximate surface area is 177 Å². The second-order valence-electron chi connectivity index (χ2n) is 6.63. The van der Waals surface area contributed by atoms with Crippen LogP contribution in [0.4, 0.5) is 11.4 Å². The van der Waals surface area contributed by atoms with Crippen LogP contribution in [0.15, 0.2) is 75.6 Å². The number of aromatic hydroxyl groups is 3. The van der Waals surface area contributed by atoms with E-state index in [9.17, 15) is 20.1 Å². The first-order chi connectivity index (χ1) is 14.5. The van der Waals surface area contributed by atoms with Gasteiger partial charge in [0.1, 0.15) is 6.54 Å². The van der Waals surface area contributed by atoms with Crippen LogP contribution in [-0.2, 0) is 4.79 Å². The van der Waals surface area contributed by atoms with Crippen molar-refractivity contribution >= 4 is 34.8 Å². The van der Waals surface area contributed by atoms with E-state index in [1.807, 2.05) is 48.5 Å². The van der Waals surface area contributed by atoms with Crippen LogP contribution in [0.3, 0.4) is 0 Å². The van der Waals surface area contributed by atoms with Crippen molar-refractivity contribution in [3.63, 3.8) is 0 Å². The van der Waals surface area contributed by atoms with Gasteiger partial charge in [-0.2, -0.15) is 5.10 Å². The fourth-order valence-corrected chi connectivity index (χ4v) is 4.26. The molecule has 0 bridgehead atoms. The number of carbonyl (C=O) groups excluding carboxylic acids is 1. The number of anilines is 2. The van der Waals surface area contributed by atoms with Gasteiger partial charge in [0.05, 0.1) is 17.1 Å². The lowest BCUT2D eigenvalue weighted by molar-refractivity contribution is -0.117. The normalized spacial score (nSPS) is 12.8. The summed E-state index contributed by atoms with van der Waals surface area (Å²) < 4.78 is 0. The van der Waals surface area contributed by atoms with Crippen LogP contribution in [0.5, 0.6) is 17.2 Å². The van der Waals surface area contributed by atoms with E-state index in [0.717, 1.165) is 21.2 Å². The molecule has 3 aromatic carbocycles. The highest BCUT2D eigenvalue weighted by molar-refractivity contribution is 7.99. The lowest BCUT2D eigenvalue weighted by Crippen LogP contribution is -2.35. The molecule has 7 nitrogen and oxygen atoms in total. The third-order valence-corrected chi connectivity index (χ3v) is 5.81. The molecule has 0 saturated carbocycles. The van der Waals surface area contributed by atoms with Crippen molar-refractivity contribution in [2.24, 2.45) is 5.10 Å². The van der Waals surface area contributed by atoms with Gasteiger partial charge in [-0.1, -0.05) is 36.0 Å². The minimum atomic E-state index is -0.614. The summed E-state index contributed by atoms with van der Waals surface area (Å²) in [6.45, 7) is 1.54. The molecular formula is C22H19N3O4S. The first-order valence-corrected chi connectivity index (χ1v) is 9.99. The molecule has 4 N–H and O–H groups in total. The number of nitrogens with zero attached hydrogens (tertiary/aromatic N) is 2. The van der Waals surface area contributed by atoms with Crippen LogP contribution in [0.25, 0.3) is 0 Å². The van der Waals surface area contributed by atoms with Gasteiger partial charge in [0.2, 0.25) is 5.75 Å². The third-order valence-electron chi connectivity index (χ3n) is 4.68. The van der Waals surface area contributed by atoms with E-state index in [-0.39, 0.29) is 18.0 Å². The molecule has 3 aromatic rings. The number of nitrogens with one attached hydrogen (secondary N) is 1. The van der Waals surface area contributed by atoms with Crippen LogP contribution in [0.1, 0.15) is 12.5 Å². The zero-order chi connectivity index (χ0) is 21.3. The Balaban J connectivity index is 1.55. The van der Waals surface area contributed by atoms with E-state index in [1.165, 1.54) is 12.1 Å². The summed E-state index contributed by atoms with van der Waals surface area (Å²) in [5.74, 6) is -1.70. The molecule has 0 fully saturated rings. The first-order valence-electron chi connectivity index (χ1n) is 9.17. The maximum atomic E-state index is 13.1. The summed E-state index contributed by atoms with van der Waals surface area (Å²) in [6, 6.07) is 18.1. The second-order valence-corrected chi connectivity index (χ2v) is 7.71. The molecule has 152 valence electrons. The van der Waals surface area contributed by atoms with Crippen molar-refractivity contribution in [2.45, 2.75) is 16.7 Å². The number of carbonyl (C=O) groups is 1. The molecule has 0 aliphatic carbocycles. The number of benzene rings is 3. The number of hydrogen-bond acceptors (Lipinski definition) is 7. The van der Waals surface area contributed by atoms with Gasteiger partial charge in [0.15, 0.2) is 11.5 Å². The Bertz CT molecular complexity index is 1120. The van der Waals surface area contributed by atoms with E-state index in [0.29, 0.717) is 5.71 Å². The zero-order valence-corrected chi connectivity index (χ0v) is 16.8. The van der Waals surface area contributed by atoms with Crippen LogP contribution in [-0.4, -0.2) is 33.5 Å². The standard InChI is InChI=1S/C22H19N3O4S/c1-13(14-10-11-17(26)22(29)21(14)28)24-23-12-20(27)25-15-6-2-4-8-18(15)30-19-9-5-3-7-16(19)25/h2-11,23,26,28-29H,12H2,1H3. The maximum Gasteiger partial charge on any atom is 0.252 e. The van der Waals surface area contributed by atoms with E-state index in [1.54, 1.807) is 23.6 Å². The van der Waals surface area contributed by atoms with Crippen LogP contribution < -0.4 is 10.3 Å². The summed E-state index contributed by atoms with van der Waals surface area (Å²) in [6.07, 6.45) is 0. The fraction of sp³-hybridized carbons (Fsp3) is 0.0909. The Kier molecular flexibility index (Phi) is 5.24. The summed E-state index contributed by atoms with van der Waals surface area (Å²) in [4.78, 5) is 16.7. The molecule has 30 heavy (non-hydrogen) atoms. The average molecular weight is 421 g/mol. The number of hydrogen-bond donors (Lipinski definition) is 4. The first kappa shape index (κ1) is 19.7. The van der Waals surface area contributed by atoms with Gasteiger partial charge >= 0.3 is 0 Å². The molecule has 0 aromatic heterocycles. The zero-order valence-electron chi connectivity index (χ0n) is 16.0. The molecule has 1 aliphatic heterocycles. The molecular weight excluding hydrogens is 402 g/mol. The Morgan fingerprint density at radius 2 is 1.53 bits per heavy atom. The Morgan fingerprint density at radius 3 is 2.17 bits per heavy atom. The number of para-hydroxylation sites is 2. The maximum absolute atomic E-state index is 13.1. The number of phenols is 3. The number of fused-ring (bicyclic) bond motifs is 2. The molecule has 8 heteroatoms. The molecule has 0 atom stereocenters. The van der Waals surface area contributed by atoms with Crippen molar-refractivity contribution in [1.29, 1.82) is 0 Å². The van der Waals surface area contributed by atoms with Gasteiger partial charge < -0.3 is 20.7 Å². The molecule has 0 saturated heterocycles. The highest BCUT2D eigenvalue weighted by Gasteiger charge is 2.27. The van der Waals surface area contributed by atoms with Gasteiger partial charge in [-0.15, -0.1) is 0 Å². The number of phenolic OH excluding ortho intramolecular Hbond substituents is 3. The van der Waals surface area contributed by atoms with Gasteiger partial charge in [-0.25, -0.2) is 0 Å². The SMILES string of the molecule is CC(=NNCC(=O)N1c2ccccc2Sc2ccccc21)c1ccc(O)c(O)c1O. The van der Waals surface area contributed by atoms with E-state index >= 15 is 0 Å². The summed E-state index contributed by atoms with van der Waals surface area (Å²) >= 11 is 1.62. The summed E-state index contributed by atoms with van der Waals surface area (Å²) in [5.41, 5.74) is 4.97. The smallest absolute Gasteiger partial charge is 0.252 e. The van der Waals surface area contributed by atoms with Crippen molar-refractivity contribution in [2.75, 3.05) is 11.4 Å². The van der Waals surface area contributed by atoms with Crippen LogP contribution in [0, 0.1) is 0 Å². The Hall–Kier alpha value is -3.65. The predicted octanol–water partition coefficient (Wildman–Crippen LogP) is 3.95. The van der Waals surface area contributed by atoms with Gasteiger partial charge in [-0.05, 0) is 43.3 Å². The number of rotatable bonds is 4. The lowest BCUT2D eigenvalue weighted by atomic mass is 10.1. The topological polar surface area (TPSA) is 105 Å². The van der Waals surface area contributed by atoms with Crippen LogP contribution in [0.2, 0.25) is 0 Å². The predicted molar refractivity (Wildman–Crippen MR) is 116 cm³/mol. The lowest BCUT2D eigenvalue weighted by Gasteiger charge is -2.30. The average Bonchev–Trinajstić information content (AvgIpc) is 2.75. The third kappa shape index (κ3) is 3.53. The Morgan fingerprint density at radius 1 is 0.933 bits per heavy atom. The number of hydrazone groups is 1. The van der Waals surface area contributed by atoms with E-state index in [2.05, 4.69) is 10.5 Å². The molecule has 0 unspecified atom stereocenters. The van der Waals surface area contributed by atoms with Crippen LogP contribution >= 0.6 is 11.8 Å². The minimum absolute atomic E-state index is 0.0739. The highest BCUT2D eigenvalue weighted by Crippen LogP contribution is 2.47.